The van der Waals surface area contributed by atoms with Crippen LogP contribution in [-0.2, 0) is 6.54 Å². The Balaban J connectivity index is 1.53. The van der Waals surface area contributed by atoms with E-state index in [1.165, 1.54) is 18.5 Å². The summed E-state index contributed by atoms with van der Waals surface area (Å²) in [6, 6.07) is 16.6. The molecule has 172 valence electrons. The maximum Gasteiger partial charge on any atom is 0.174 e. The number of rotatable bonds is 5. The van der Waals surface area contributed by atoms with Crippen LogP contribution in [0.1, 0.15) is 50.2 Å². The standard InChI is InChI=1S/C26H30ClN5S/c1-3-30-14-6-8-23(30)25-24(21-7-4-5-13-28-21)29-26(33)32(25)19-9-10-22(20(27)17-19)31-15-11-18(2)12-16-31/h4-10,13-14,17-18,24-25H,3,11-12,15-16H2,1-2H3,(H,29,33)/t24-,25-/m0/s1. The SMILES string of the molecule is CCn1cccc1[C@H]1[C@H](c2ccccn2)NC(=S)N1c1ccc(N2CCC(C)CC2)c(Cl)c1. The van der Waals surface area contributed by atoms with Gasteiger partial charge in [0, 0.05) is 43.4 Å². The fourth-order valence-electron chi connectivity index (χ4n) is 5.07. The van der Waals surface area contributed by atoms with E-state index in [9.17, 15) is 0 Å². The number of hydrogen-bond donors (Lipinski definition) is 1. The number of nitrogens with zero attached hydrogens (tertiary/aromatic N) is 4. The van der Waals surface area contributed by atoms with Crippen LogP contribution < -0.4 is 15.1 Å². The Morgan fingerprint density at radius 1 is 1.12 bits per heavy atom. The molecule has 0 bridgehead atoms. The smallest absolute Gasteiger partial charge is 0.174 e. The lowest BCUT2D eigenvalue weighted by Crippen LogP contribution is -2.33. The van der Waals surface area contributed by atoms with Gasteiger partial charge >= 0.3 is 0 Å². The Kier molecular flexibility index (Phi) is 6.30. The second-order valence-corrected chi connectivity index (χ2v) is 9.81. The van der Waals surface area contributed by atoms with E-state index in [0.717, 1.165) is 47.6 Å². The average molecular weight is 480 g/mol. The molecule has 2 fully saturated rings. The first-order chi connectivity index (χ1) is 16.1. The maximum atomic E-state index is 6.86. The molecule has 5 nitrogen and oxygen atoms in total. The fraction of sp³-hybridized carbons (Fsp3) is 0.385. The second-order valence-electron chi connectivity index (χ2n) is 9.02. The molecule has 0 amide bonds. The number of thiocarbonyl (C=S) groups is 1. The van der Waals surface area contributed by atoms with Gasteiger partial charge in [0.25, 0.3) is 0 Å². The highest BCUT2D eigenvalue weighted by molar-refractivity contribution is 7.80. The van der Waals surface area contributed by atoms with Gasteiger partial charge in [0.1, 0.15) is 6.04 Å². The van der Waals surface area contributed by atoms with Gasteiger partial charge in [-0.2, -0.15) is 0 Å². The van der Waals surface area contributed by atoms with Crippen molar-refractivity contribution in [1.82, 2.24) is 14.9 Å². The zero-order chi connectivity index (χ0) is 22.9. The van der Waals surface area contributed by atoms with Crippen LogP contribution in [0.15, 0.2) is 60.9 Å². The van der Waals surface area contributed by atoms with Gasteiger partial charge in [0.2, 0.25) is 0 Å². The highest BCUT2D eigenvalue weighted by Gasteiger charge is 2.42. The summed E-state index contributed by atoms with van der Waals surface area (Å²) in [6.07, 6.45) is 6.38. The molecule has 4 heterocycles. The van der Waals surface area contributed by atoms with Gasteiger partial charge in [-0.1, -0.05) is 24.6 Å². The number of aromatic nitrogens is 2. The number of nitrogens with one attached hydrogen (secondary N) is 1. The van der Waals surface area contributed by atoms with E-state index >= 15 is 0 Å². The van der Waals surface area contributed by atoms with Crippen LogP contribution >= 0.6 is 23.8 Å². The third-order valence-electron chi connectivity index (χ3n) is 6.94. The first-order valence-electron chi connectivity index (χ1n) is 11.8. The number of hydrogen-bond acceptors (Lipinski definition) is 3. The summed E-state index contributed by atoms with van der Waals surface area (Å²) in [4.78, 5) is 9.25. The highest BCUT2D eigenvalue weighted by Crippen LogP contribution is 2.43. The summed E-state index contributed by atoms with van der Waals surface area (Å²) in [5, 5.41) is 5.00. The molecule has 2 atom stereocenters. The van der Waals surface area contributed by atoms with Gasteiger partial charge in [-0.05, 0) is 80.4 Å². The van der Waals surface area contributed by atoms with Crippen LogP contribution in [0.4, 0.5) is 11.4 Å². The van der Waals surface area contributed by atoms with Crippen molar-refractivity contribution >= 4 is 40.3 Å². The Bertz CT molecular complexity index is 1120. The summed E-state index contributed by atoms with van der Waals surface area (Å²) in [5.74, 6) is 0.784. The Morgan fingerprint density at radius 3 is 2.64 bits per heavy atom. The van der Waals surface area contributed by atoms with Gasteiger partial charge in [-0.3, -0.25) is 4.98 Å². The molecule has 1 N–H and O–H groups in total. The van der Waals surface area contributed by atoms with Crippen LogP contribution in [0.25, 0.3) is 0 Å². The summed E-state index contributed by atoms with van der Waals surface area (Å²) < 4.78 is 2.27. The minimum Gasteiger partial charge on any atom is -0.370 e. The van der Waals surface area contributed by atoms with E-state index in [1.807, 2.05) is 18.3 Å². The molecule has 7 heteroatoms. The predicted molar refractivity (Wildman–Crippen MR) is 140 cm³/mol. The molecule has 3 aromatic rings. The zero-order valence-corrected chi connectivity index (χ0v) is 20.7. The van der Waals surface area contributed by atoms with E-state index in [-0.39, 0.29) is 12.1 Å². The fourth-order valence-corrected chi connectivity index (χ4v) is 5.71. The van der Waals surface area contributed by atoms with Gasteiger partial charge in [0.05, 0.1) is 22.4 Å². The molecule has 1 aromatic carbocycles. The minimum absolute atomic E-state index is 0.0277. The van der Waals surface area contributed by atoms with E-state index in [1.54, 1.807) is 0 Å². The number of aryl methyl sites for hydroxylation is 1. The Labute approximate surface area is 206 Å². The van der Waals surface area contributed by atoms with Crippen molar-refractivity contribution in [2.75, 3.05) is 22.9 Å². The minimum atomic E-state index is -0.0547. The van der Waals surface area contributed by atoms with E-state index in [4.69, 9.17) is 23.8 Å². The number of anilines is 2. The highest BCUT2D eigenvalue weighted by atomic mass is 35.5. The first kappa shape index (κ1) is 22.2. The average Bonchev–Trinajstić information content (AvgIpc) is 3.44. The maximum absolute atomic E-state index is 6.86. The third kappa shape index (κ3) is 4.22. The monoisotopic (exact) mass is 479 g/mol. The van der Waals surface area contributed by atoms with Crippen molar-refractivity contribution in [1.29, 1.82) is 0 Å². The number of piperidine rings is 1. The van der Waals surface area contributed by atoms with Crippen LogP contribution in [0.5, 0.6) is 0 Å². The topological polar surface area (TPSA) is 36.3 Å². The lowest BCUT2D eigenvalue weighted by atomic mass is 9.98. The molecule has 5 rings (SSSR count). The summed E-state index contributed by atoms with van der Waals surface area (Å²) >= 11 is 12.7. The molecule has 0 spiro atoms. The van der Waals surface area contributed by atoms with Crippen molar-refractivity contribution in [3.8, 4) is 0 Å². The number of benzene rings is 1. The summed E-state index contributed by atoms with van der Waals surface area (Å²) in [7, 11) is 0. The molecule has 0 saturated carbocycles. The van der Waals surface area contributed by atoms with Crippen LogP contribution in [-0.4, -0.2) is 27.8 Å². The predicted octanol–water partition coefficient (Wildman–Crippen LogP) is 5.97. The number of halogens is 1. The van der Waals surface area contributed by atoms with Crippen LogP contribution in [0.2, 0.25) is 5.02 Å². The van der Waals surface area contributed by atoms with Crippen molar-refractivity contribution in [2.45, 2.75) is 45.3 Å². The third-order valence-corrected chi connectivity index (χ3v) is 7.56. The first-order valence-corrected chi connectivity index (χ1v) is 12.6. The molecule has 2 aromatic heterocycles. The zero-order valence-electron chi connectivity index (χ0n) is 19.1. The second kappa shape index (κ2) is 9.35. The molecule has 2 aliphatic rings. The lowest BCUT2D eigenvalue weighted by Gasteiger charge is -2.33. The van der Waals surface area contributed by atoms with E-state index in [2.05, 4.69) is 81.1 Å². The van der Waals surface area contributed by atoms with E-state index in [0.29, 0.717) is 5.11 Å². The Hall–Kier alpha value is -2.57. The molecule has 33 heavy (non-hydrogen) atoms. The quantitative estimate of drug-likeness (QED) is 0.456. The number of pyridine rings is 1. The van der Waals surface area contributed by atoms with Crippen molar-refractivity contribution in [3.05, 3.63) is 77.3 Å². The van der Waals surface area contributed by atoms with Crippen LogP contribution in [0.3, 0.4) is 0 Å². The van der Waals surface area contributed by atoms with Crippen molar-refractivity contribution < 1.29 is 0 Å². The van der Waals surface area contributed by atoms with Gasteiger partial charge in [0.15, 0.2) is 5.11 Å². The molecule has 0 unspecified atom stereocenters. The molecule has 2 saturated heterocycles. The molecule has 2 aliphatic heterocycles. The largest absolute Gasteiger partial charge is 0.370 e. The lowest BCUT2D eigenvalue weighted by molar-refractivity contribution is 0.438. The Morgan fingerprint density at radius 2 is 1.94 bits per heavy atom. The molecular formula is C26H30ClN5S. The molecule has 0 radical (unpaired) electrons. The van der Waals surface area contributed by atoms with Crippen molar-refractivity contribution in [2.24, 2.45) is 5.92 Å². The van der Waals surface area contributed by atoms with Gasteiger partial charge < -0.3 is 19.7 Å². The summed E-state index contributed by atoms with van der Waals surface area (Å²) in [6.45, 7) is 7.49. The van der Waals surface area contributed by atoms with Crippen molar-refractivity contribution in [3.63, 3.8) is 0 Å². The van der Waals surface area contributed by atoms with Gasteiger partial charge in [-0.25, -0.2) is 0 Å². The van der Waals surface area contributed by atoms with E-state index < -0.39 is 0 Å². The van der Waals surface area contributed by atoms with Crippen LogP contribution in [0, 0.1) is 5.92 Å². The normalized spacial score (nSPS) is 21.5. The van der Waals surface area contributed by atoms with Gasteiger partial charge in [-0.15, -0.1) is 0 Å². The molecular weight excluding hydrogens is 450 g/mol. The summed E-state index contributed by atoms with van der Waals surface area (Å²) in [5.41, 5.74) is 4.28. The molecule has 0 aliphatic carbocycles.